The highest BCUT2D eigenvalue weighted by molar-refractivity contribution is 4.84. The van der Waals surface area contributed by atoms with Crippen molar-refractivity contribution in [3.8, 4) is 0 Å². The molecule has 3 aromatic heterocycles. The van der Waals surface area contributed by atoms with Crippen LogP contribution in [0.25, 0.3) is 0 Å². The van der Waals surface area contributed by atoms with E-state index in [0.29, 0.717) is 0 Å². The Morgan fingerprint density at radius 2 is 0.556 bits per heavy atom. The number of unbranched alkanes of at least 4 members (excludes halogenated alkanes) is 6. The van der Waals surface area contributed by atoms with Gasteiger partial charge in [-0.05, 0) is 19.3 Å². The minimum Gasteiger partial charge on any atom is -1.00 e. The zero-order chi connectivity index (χ0) is 23.8. The molecular formula is C30H48Br3N3. The van der Waals surface area contributed by atoms with Crippen molar-refractivity contribution in [1.82, 2.24) is 0 Å². The summed E-state index contributed by atoms with van der Waals surface area (Å²) >= 11 is 0. The molecule has 0 N–H and O–H groups in total. The molecule has 0 aliphatic carbocycles. The first-order chi connectivity index (χ1) is 16.3. The molecule has 0 aliphatic rings. The lowest BCUT2D eigenvalue weighted by Gasteiger charge is -1.93. The smallest absolute Gasteiger partial charge is 0.168 e. The summed E-state index contributed by atoms with van der Waals surface area (Å²) in [5.41, 5.74) is 0. The third-order valence-corrected chi connectivity index (χ3v) is 5.39. The molecule has 3 aromatic rings. The molecule has 0 unspecified atom stereocenters. The van der Waals surface area contributed by atoms with Gasteiger partial charge in [-0.1, -0.05) is 58.2 Å². The van der Waals surface area contributed by atoms with E-state index in [0.717, 1.165) is 19.6 Å². The van der Waals surface area contributed by atoms with Gasteiger partial charge in [-0.3, -0.25) is 0 Å². The maximum atomic E-state index is 2.23. The van der Waals surface area contributed by atoms with Crippen LogP contribution in [-0.2, 0) is 19.6 Å². The number of nitrogens with zero attached hydrogens (tertiary/aromatic N) is 3. The van der Waals surface area contributed by atoms with Crippen molar-refractivity contribution in [2.24, 2.45) is 0 Å². The van der Waals surface area contributed by atoms with E-state index >= 15 is 0 Å². The molecule has 0 radical (unpaired) electrons. The standard InChI is InChI=1S/3C10H16N.3BrH/c3*1-2-3-5-8-11-9-6-4-7-10-11;;;/h3*4,6-7,9-10H,2-3,5,8H2,1H3;3*1H/q3*+1;;;/p-3. The SMILES string of the molecule is CCCCC[n+]1ccccc1.CCCCC[n+]1ccccc1.CCCCC[n+]1ccccc1.[Br-].[Br-].[Br-]. The number of rotatable bonds is 12. The maximum Gasteiger partial charge on any atom is 0.168 e. The van der Waals surface area contributed by atoms with E-state index in [9.17, 15) is 0 Å². The molecule has 3 heterocycles. The number of aromatic nitrogens is 3. The van der Waals surface area contributed by atoms with Crippen LogP contribution in [0.4, 0.5) is 0 Å². The van der Waals surface area contributed by atoms with Crippen molar-refractivity contribution in [3.05, 3.63) is 91.8 Å². The fourth-order valence-electron chi connectivity index (χ4n) is 3.38. The van der Waals surface area contributed by atoms with E-state index in [1.165, 1.54) is 57.8 Å². The van der Waals surface area contributed by atoms with Gasteiger partial charge in [0.25, 0.3) is 0 Å². The van der Waals surface area contributed by atoms with E-state index in [-0.39, 0.29) is 50.9 Å². The number of hydrogen-bond acceptors (Lipinski definition) is 0. The Bertz CT molecular complexity index is 667. The minimum atomic E-state index is 0. The second kappa shape index (κ2) is 30.1. The van der Waals surface area contributed by atoms with Gasteiger partial charge in [-0.2, -0.15) is 0 Å². The van der Waals surface area contributed by atoms with E-state index < -0.39 is 0 Å². The predicted molar refractivity (Wildman–Crippen MR) is 138 cm³/mol. The summed E-state index contributed by atoms with van der Waals surface area (Å²) in [6.45, 7) is 10.2. The van der Waals surface area contributed by atoms with Gasteiger partial charge in [0.05, 0.1) is 0 Å². The molecule has 6 heteroatoms. The molecule has 0 bridgehead atoms. The highest BCUT2D eigenvalue weighted by Gasteiger charge is 1.96. The first-order valence-corrected chi connectivity index (χ1v) is 13.1. The third kappa shape index (κ3) is 23.3. The topological polar surface area (TPSA) is 11.6 Å². The zero-order valence-corrected chi connectivity index (χ0v) is 27.4. The fraction of sp³-hybridized carbons (Fsp3) is 0.500. The van der Waals surface area contributed by atoms with Gasteiger partial charge in [0, 0.05) is 55.7 Å². The van der Waals surface area contributed by atoms with Crippen molar-refractivity contribution in [2.45, 2.75) is 98.2 Å². The fourth-order valence-corrected chi connectivity index (χ4v) is 3.38. The lowest BCUT2D eigenvalue weighted by atomic mass is 10.2. The molecule has 0 spiro atoms. The average Bonchev–Trinajstić information content (AvgIpc) is 2.87. The van der Waals surface area contributed by atoms with E-state index in [2.05, 4.69) is 126 Å². The monoisotopic (exact) mass is 687 g/mol. The molecule has 0 aliphatic heterocycles. The molecule has 0 fully saturated rings. The molecule has 0 aromatic carbocycles. The van der Waals surface area contributed by atoms with E-state index in [1.54, 1.807) is 0 Å². The quantitative estimate of drug-likeness (QED) is 0.148. The van der Waals surface area contributed by atoms with Gasteiger partial charge < -0.3 is 50.9 Å². The Labute approximate surface area is 253 Å². The zero-order valence-electron chi connectivity index (χ0n) is 22.6. The van der Waals surface area contributed by atoms with Gasteiger partial charge in [0.2, 0.25) is 0 Å². The van der Waals surface area contributed by atoms with Crippen LogP contribution in [0.3, 0.4) is 0 Å². The average molecular weight is 690 g/mol. The lowest BCUT2D eigenvalue weighted by molar-refractivity contribution is -0.697. The summed E-state index contributed by atoms with van der Waals surface area (Å²) in [5, 5.41) is 0. The summed E-state index contributed by atoms with van der Waals surface area (Å²) < 4.78 is 6.70. The van der Waals surface area contributed by atoms with E-state index in [4.69, 9.17) is 0 Å². The van der Waals surface area contributed by atoms with Gasteiger partial charge in [-0.25, -0.2) is 13.7 Å². The third-order valence-electron chi connectivity index (χ3n) is 5.39. The summed E-state index contributed by atoms with van der Waals surface area (Å²) in [4.78, 5) is 0. The Hall–Kier alpha value is -1.11. The van der Waals surface area contributed by atoms with Crippen LogP contribution in [0.2, 0.25) is 0 Å². The molecule has 3 rings (SSSR count). The molecule has 3 nitrogen and oxygen atoms in total. The van der Waals surface area contributed by atoms with Crippen LogP contribution < -0.4 is 64.6 Å². The highest BCUT2D eigenvalue weighted by atomic mass is 79.9. The maximum absolute atomic E-state index is 2.23. The van der Waals surface area contributed by atoms with Crippen LogP contribution in [0.15, 0.2) is 91.8 Å². The summed E-state index contributed by atoms with van der Waals surface area (Å²) in [6.07, 6.45) is 24.5. The minimum absolute atomic E-state index is 0. The molecule has 0 saturated carbocycles. The predicted octanol–water partition coefficient (Wildman–Crippen LogP) is -2.50. The second-order valence-electron chi connectivity index (χ2n) is 8.46. The van der Waals surface area contributed by atoms with Crippen molar-refractivity contribution >= 4 is 0 Å². The lowest BCUT2D eigenvalue weighted by Crippen LogP contribution is -3.00. The Kier molecular flexibility index (Phi) is 33.0. The van der Waals surface area contributed by atoms with Crippen LogP contribution in [0, 0.1) is 0 Å². The summed E-state index contributed by atoms with van der Waals surface area (Å²) in [7, 11) is 0. The Morgan fingerprint density at radius 1 is 0.333 bits per heavy atom. The molecule has 204 valence electrons. The van der Waals surface area contributed by atoms with Gasteiger partial charge in [0.1, 0.15) is 19.6 Å². The van der Waals surface area contributed by atoms with Crippen LogP contribution in [0.1, 0.15) is 78.6 Å². The first-order valence-electron chi connectivity index (χ1n) is 13.1. The number of halogens is 3. The Balaban J connectivity index is -0.000000436. The molecule has 36 heavy (non-hydrogen) atoms. The van der Waals surface area contributed by atoms with E-state index in [1.807, 2.05) is 0 Å². The van der Waals surface area contributed by atoms with Gasteiger partial charge in [-0.15, -0.1) is 0 Å². The molecule has 0 amide bonds. The summed E-state index contributed by atoms with van der Waals surface area (Å²) in [5.74, 6) is 0. The number of pyridine rings is 3. The second-order valence-corrected chi connectivity index (χ2v) is 8.46. The van der Waals surface area contributed by atoms with Crippen molar-refractivity contribution < 1.29 is 64.6 Å². The number of aryl methyl sites for hydroxylation is 3. The van der Waals surface area contributed by atoms with Gasteiger partial charge in [0.15, 0.2) is 37.2 Å². The van der Waals surface area contributed by atoms with Crippen molar-refractivity contribution in [1.29, 1.82) is 0 Å². The summed E-state index contributed by atoms with van der Waals surface area (Å²) in [6, 6.07) is 18.6. The highest BCUT2D eigenvalue weighted by Crippen LogP contribution is 1.94. The Morgan fingerprint density at radius 3 is 0.750 bits per heavy atom. The number of hydrogen-bond donors (Lipinski definition) is 0. The van der Waals surface area contributed by atoms with Crippen molar-refractivity contribution in [3.63, 3.8) is 0 Å². The van der Waals surface area contributed by atoms with Crippen LogP contribution in [0.5, 0.6) is 0 Å². The normalized spacial score (nSPS) is 9.08. The molecular weight excluding hydrogens is 642 g/mol. The van der Waals surface area contributed by atoms with Crippen molar-refractivity contribution in [2.75, 3.05) is 0 Å². The van der Waals surface area contributed by atoms with Crippen LogP contribution >= 0.6 is 0 Å². The molecule has 0 atom stereocenters. The largest absolute Gasteiger partial charge is 1.00 e. The van der Waals surface area contributed by atoms with Crippen LogP contribution in [-0.4, -0.2) is 0 Å². The van der Waals surface area contributed by atoms with Gasteiger partial charge >= 0.3 is 0 Å². The molecule has 0 saturated heterocycles. The first kappa shape index (κ1) is 39.4.